The van der Waals surface area contributed by atoms with Gasteiger partial charge in [-0.25, -0.2) is 0 Å². The maximum absolute atomic E-state index is 12.8. The Hall–Kier alpha value is -3.76. The predicted molar refractivity (Wildman–Crippen MR) is 128 cm³/mol. The first-order valence-corrected chi connectivity index (χ1v) is 11.1. The van der Waals surface area contributed by atoms with E-state index in [-0.39, 0.29) is 29.9 Å². The van der Waals surface area contributed by atoms with Crippen LogP contribution in [-0.4, -0.2) is 46.4 Å². The number of likely N-dealkylation sites (tertiary alicyclic amines) is 1. The summed E-state index contributed by atoms with van der Waals surface area (Å²) in [5.41, 5.74) is 2.50. The van der Waals surface area contributed by atoms with Gasteiger partial charge in [0.1, 0.15) is 5.69 Å². The lowest BCUT2D eigenvalue weighted by Gasteiger charge is -2.29. The van der Waals surface area contributed by atoms with E-state index < -0.39 is 0 Å². The summed E-state index contributed by atoms with van der Waals surface area (Å²) >= 11 is 6.78. The highest BCUT2D eigenvalue weighted by Gasteiger charge is 2.25. The fraction of sp³-hybridized carbons (Fsp3) is 0.240. The van der Waals surface area contributed by atoms with Gasteiger partial charge in [0.05, 0.1) is 34.8 Å². The zero-order chi connectivity index (χ0) is 23.2. The molecule has 1 saturated heterocycles. The second-order valence-corrected chi connectivity index (χ2v) is 8.23. The molecule has 2 heterocycles. The first-order valence-electron chi connectivity index (χ1n) is 10.8. The molecule has 1 aliphatic heterocycles. The summed E-state index contributed by atoms with van der Waals surface area (Å²) in [4.78, 5) is 14.5. The van der Waals surface area contributed by atoms with Gasteiger partial charge in [0.2, 0.25) is 5.91 Å². The van der Waals surface area contributed by atoms with E-state index in [1.807, 2.05) is 60.7 Å². The van der Waals surface area contributed by atoms with Gasteiger partial charge in [0, 0.05) is 24.2 Å². The van der Waals surface area contributed by atoms with Crippen LogP contribution in [0.15, 0.2) is 60.7 Å². The molecule has 1 unspecified atom stereocenters. The van der Waals surface area contributed by atoms with Crippen LogP contribution in [0.5, 0.6) is 0 Å². The number of hydrogen-bond acceptors (Lipinski definition) is 6. The van der Waals surface area contributed by atoms with Crippen LogP contribution in [0.4, 0.5) is 5.82 Å². The number of nitriles is 1. The average Bonchev–Trinajstić information content (AvgIpc) is 2.88. The Bertz CT molecular complexity index is 1190. The van der Waals surface area contributed by atoms with E-state index in [1.54, 1.807) is 4.90 Å². The minimum atomic E-state index is -0.135. The van der Waals surface area contributed by atoms with Crippen molar-refractivity contribution in [2.24, 2.45) is 5.92 Å². The summed E-state index contributed by atoms with van der Waals surface area (Å²) in [6, 6.07) is 20.9. The zero-order valence-electron chi connectivity index (χ0n) is 18.0. The Morgan fingerprint density at radius 1 is 1.15 bits per heavy atom. The second kappa shape index (κ2) is 10.2. The zero-order valence-corrected chi connectivity index (χ0v) is 18.7. The molecule has 0 aliphatic carbocycles. The Labute approximate surface area is 197 Å². The fourth-order valence-corrected chi connectivity index (χ4v) is 4.21. The summed E-state index contributed by atoms with van der Waals surface area (Å²) in [5, 5.41) is 29.9. The largest absolute Gasteiger partial charge is 0.359 e. The molecule has 1 fully saturated rings. The maximum Gasteiger partial charge on any atom is 0.241 e. The van der Waals surface area contributed by atoms with Gasteiger partial charge in [0.25, 0.3) is 0 Å². The lowest BCUT2D eigenvalue weighted by atomic mass is 9.99. The van der Waals surface area contributed by atoms with Crippen LogP contribution in [0.3, 0.4) is 0 Å². The van der Waals surface area contributed by atoms with E-state index in [4.69, 9.17) is 17.0 Å². The molecule has 166 valence electrons. The minimum absolute atomic E-state index is 0.0249. The van der Waals surface area contributed by atoms with Crippen molar-refractivity contribution in [2.75, 3.05) is 25.0 Å². The molecule has 0 saturated carbocycles. The van der Waals surface area contributed by atoms with Crippen LogP contribution < -0.4 is 5.32 Å². The Morgan fingerprint density at radius 3 is 2.55 bits per heavy atom. The van der Waals surface area contributed by atoms with E-state index in [2.05, 4.69) is 21.6 Å². The molecule has 8 heteroatoms. The molecular formula is C25H23ClN6O. The second-order valence-electron chi connectivity index (χ2n) is 7.85. The quantitative estimate of drug-likeness (QED) is 0.533. The van der Waals surface area contributed by atoms with Gasteiger partial charge < -0.3 is 10.2 Å². The molecule has 0 bridgehead atoms. The van der Waals surface area contributed by atoms with Gasteiger partial charge in [-0.1, -0.05) is 72.3 Å². The fourth-order valence-electron chi connectivity index (χ4n) is 3.88. The summed E-state index contributed by atoms with van der Waals surface area (Å²) in [7, 11) is 0. The number of anilines is 1. The van der Waals surface area contributed by atoms with Gasteiger partial charge in [-0.3, -0.25) is 10.2 Å². The summed E-state index contributed by atoms with van der Waals surface area (Å²) < 4.78 is 0. The molecule has 0 spiro atoms. The van der Waals surface area contributed by atoms with Crippen LogP contribution in [0.2, 0.25) is 5.02 Å². The molecule has 1 aromatic heterocycles. The van der Waals surface area contributed by atoms with Crippen molar-refractivity contribution in [3.8, 4) is 17.3 Å². The number of piperidine rings is 1. The Morgan fingerprint density at radius 2 is 1.85 bits per heavy atom. The standard InChI is InChI=1S/C25H23ClN6O/c26-22-21(23(28)18-9-3-1-4-10-18)25(31-30-24(22)19-11-5-2-6-12-19)29-15-20(33)32-13-7-8-17(14-27)16-32/h1-6,9-12,17,28H,7-8,13,15-16H2,(H,29,31). The number of rotatable bonds is 6. The van der Waals surface area contributed by atoms with E-state index in [1.165, 1.54) is 0 Å². The lowest BCUT2D eigenvalue weighted by molar-refractivity contribution is -0.130. The molecule has 3 aromatic rings. The van der Waals surface area contributed by atoms with Crippen molar-refractivity contribution in [2.45, 2.75) is 12.8 Å². The molecule has 1 amide bonds. The van der Waals surface area contributed by atoms with Crippen LogP contribution >= 0.6 is 11.6 Å². The highest BCUT2D eigenvalue weighted by atomic mass is 35.5. The van der Waals surface area contributed by atoms with Crippen LogP contribution in [-0.2, 0) is 4.79 Å². The number of nitrogens with zero attached hydrogens (tertiary/aromatic N) is 4. The number of halogens is 1. The lowest BCUT2D eigenvalue weighted by Crippen LogP contribution is -2.42. The number of carbonyl (C=O) groups is 1. The third-order valence-electron chi connectivity index (χ3n) is 5.64. The summed E-state index contributed by atoms with van der Waals surface area (Å²) in [6.45, 7) is 1.04. The van der Waals surface area contributed by atoms with Gasteiger partial charge in [-0.15, -0.1) is 10.2 Å². The highest BCUT2D eigenvalue weighted by molar-refractivity contribution is 6.38. The summed E-state index contributed by atoms with van der Waals surface area (Å²) in [5.74, 6) is 0.0110. The summed E-state index contributed by atoms with van der Waals surface area (Å²) in [6.07, 6.45) is 1.62. The number of benzene rings is 2. The molecule has 0 radical (unpaired) electrons. The maximum atomic E-state index is 12.8. The van der Waals surface area contributed by atoms with Crippen molar-refractivity contribution in [3.05, 3.63) is 76.8 Å². The molecule has 7 nitrogen and oxygen atoms in total. The monoisotopic (exact) mass is 458 g/mol. The predicted octanol–water partition coefficient (Wildman–Crippen LogP) is 4.39. The van der Waals surface area contributed by atoms with Crippen molar-refractivity contribution < 1.29 is 4.79 Å². The molecule has 4 rings (SSSR count). The SMILES string of the molecule is N#CC1CCCN(C(=O)CNc2nnc(-c3ccccc3)c(Cl)c2C(=N)c2ccccc2)C1. The van der Waals surface area contributed by atoms with Gasteiger partial charge in [0.15, 0.2) is 5.82 Å². The van der Waals surface area contributed by atoms with Gasteiger partial charge in [-0.2, -0.15) is 5.26 Å². The topological polar surface area (TPSA) is 106 Å². The van der Waals surface area contributed by atoms with E-state index in [9.17, 15) is 10.1 Å². The van der Waals surface area contributed by atoms with Gasteiger partial charge in [-0.05, 0) is 12.8 Å². The first-order chi connectivity index (χ1) is 16.1. The molecule has 2 N–H and O–H groups in total. The number of aromatic nitrogens is 2. The molecule has 1 aliphatic rings. The van der Waals surface area contributed by atoms with E-state index in [0.29, 0.717) is 34.9 Å². The Balaban J connectivity index is 1.64. The van der Waals surface area contributed by atoms with E-state index >= 15 is 0 Å². The number of nitrogens with one attached hydrogen (secondary N) is 2. The molecule has 33 heavy (non-hydrogen) atoms. The smallest absolute Gasteiger partial charge is 0.241 e. The third kappa shape index (κ3) is 5.02. The number of carbonyl (C=O) groups excluding carboxylic acids is 1. The molecule has 1 atom stereocenters. The van der Waals surface area contributed by atoms with E-state index in [0.717, 1.165) is 18.4 Å². The number of amides is 1. The van der Waals surface area contributed by atoms with Crippen LogP contribution in [0, 0.1) is 22.7 Å². The van der Waals surface area contributed by atoms with Crippen molar-refractivity contribution >= 4 is 29.0 Å². The van der Waals surface area contributed by atoms with Crippen LogP contribution in [0.25, 0.3) is 11.3 Å². The van der Waals surface area contributed by atoms with Gasteiger partial charge >= 0.3 is 0 Å². The van der Waals surface area contributed by atoms with Crippen molar-refractivity contribution in [1.82, 2.24) is 15.1 Å². The minimum Gasteiger partial charge on any atom is -0.359 e. The molecule has 2 aromatic carbocycles. The first kappa shape index (κ1) is 22.4. The third-order valence-corrected chi connectivity index (χ3v) is 6.01. The Kier molecular flexibility index (Phi) is 6.96. The van der Waals surface area contributed by atoms with Crippen molar-refractivity contribution in [1.29, 1.82) is 10.7 Å². The normalized spacial score (nSPS) is 15.5. The number of hydrogen-bond donors (Lipinski definition) is 2. The molecular weight excluding hydrogens is 436 g/mol. The average molecular weight is 459 g/mol. The van der Waals surface area contributed by atoms with Crippen LogP contribution in [0.1, 0.15) is 24.0 Å². The van der Waals surface area contributed by atoms with Crippen molar-refractivity contribution in [3.63, 3.8) is 0 Å². The highest BCUT2D eigenvalue weighted by Crippen LogP contribution is 2.33.